The number of phenolic OH excluding ortho intramolecular Hbond substituents is 1. The van der Waals surface area contributed by atoms with Gasteiger partial charge in [0.1, 0.15) is 17.8 Å². The van der Waals surface area contributed by atoms with Gasteiger partial charge in [-0.05, 0) is 24.1 Å². The highest BCUT2D eigenvalue weighted by molar-refractivity contribution is 5.97. The maximum Gasteiger partial charge on any atom is 0.305 e. The minimum absolute atomic E-state index is 0.0670. The Morgan fingerprint density at radius 2 is 1.73 bits per heavy atom. The summed E-state index contributed by atoms with van der Waals surface area (Å²) < 4.78 is 4.51. The largest absolute Gasteiger partial charge is 0.508 e. The van der Waals surface area contributed by atoms with Crippen LogP contribution in [0.1, 0.15) is 18.4 Å². The molecule has 118 valence electrons. The number of nitrogens with one attached hydrogen (secondary N) is 2. The second kappa shape index (κ2) is 6.93. The van der Waals surface area contributed by atoms with Crippen LogP contribution in [-0.2, 0) is 25.5 Å². The predicted molar refractivity (Wildman–Crippen MR) is 76.9 cm³/mol. The van der Waals surface area contributed by atoms with Crippen molar-refractivity contribution in [2.24, 2.45) is 0 Å². The molecule has 0 unspecified atom stereocenters. The fraction of sp³-hybridized carbons (Fsp3) is 0.400. The summed E-state index contributed by atoms with van der Waals surface area (Å²) in [6, 6.07) is 5.05. The Labute approximate surface area is 127 Å². The standard InChI is InChI=1S/C15H18N2O5/c1-22-13(19)7-6-11-14(20)17-12(15(21)16-11)8-9-2-4-10(18)5-3-9/h2-5,11-12,18H,6-8H2,1H3,(H,16,21)(H,17,20)/t11-,12+/m0/s1. The molecular formula is C15H18N2O5. The first-order chi connectivity index (χ1) is 10.5. The molecule has 2 amide bonds. The van der Waals surface area contributed by atoms with Gasteiger partial charge in [-0.15, -0.1) is 0 Å². The summed E-state index contributed by atoms with van der Waals surface area (Å²) >= 11 is 0. The number of esters is 1. The Kier molecular flexibility index (Phi) is 4.98. The average Bonchev–Trinajstić information content (AvgIpc) is 2.51. The molecule has 1 aliphatic heterocycles. The van der Waals surface area contributed by atoms with E-state index < -0.39 is 18.1 Å². The van der Waals surface area contributed by atoms with Gasteiger partial charge in [-0.2, -0.15) is 0 Å². The van der Waals surface area contributed by atoms with Crippen LogP contribution >= 0.6 is 0 Å². The Morgan fingerprint density at radius 3 is 2.36 bits per heavy atom. The molecule has 1 fully saturated rings. The maximum atomic E-state index is 12.0. The van der Waals surface area contributed by atoms with E-state index in [1.165, 1.54) is 19.2 Å². The lowest BCUT2D eigenvalue weighted by Crippen LogP contribution is -2.62. The van der Waals surface area contributed by atoms with E-state index in [-0.39, 0.29) is 30.4 Å². The van der Waals surface area contributed by atoms with E-state index in [1.54, 1.807) is 12.1 Å². The molecule has 7 nitrogen and oxygen atoms in total. The van der Waals surface area contributed by atoms with Gasteiger partial charge in [-0.3, -0.25) is 14.4 Å². The van der Waals surface area contributed by atoms with E-state index in [2.05, 4.69) is 15.4 Å². The summed E-state index contributed by atoms with van der Waals surface area (Å²) in [4.78, 5) is 35.1. The van der Waals surface area contributed by atoms with Crippen LogP contribution in [0.5, 0.6) is 5.75 Å². The van der Waals surface area contributed by atoms with Gasteiger partial charge in [0, 0.05) is 12.8 Å². The van der Waals surface area contributed by atoms with Gasteiger partial charge in [0.2, 0.25) is 11.8 Å². The summed E-state index contributed by atoms with van der Waals surface area (Å²) in [7, 11) is 1.27. The molecule has 1 saturated heterocycles. The first-order valence-electron chi connectivity index (χ1n) is 6.95. The van der Waals surface area contributed by atoms with Gasteiger partial charge in [0.15, 0.2) is 0 Å². The molecule has 0 saturated carbocycles. The number of methoxy groups -OCH3 is 1. The molecule has 2 atom stereocenters. The van der Waals surface area contributed by atoms with Crippen molar-refractivity contribution in [2.75, 3.05) is 7.11 Å². The molecule has 0 radical (unpaired) electrons. The van der Waals surface area contributed by atoms with Gasteiger partial charge in [0.05, 0.1) is 7.11 Å². The Bertz CT molecular complexity index is 570. The number of rotatable bonds is 5. The normalized spacial score (nSPS) is 21.0. The molecular weight excluding hydrogens is 288 g/mol. The first-order valence-corrected chi connectivity index (χ1v) is 6.95. The van der Waals surface area contributed by atoms with Crippen molar-refractivity contribution in [3.8, 4) is 5.75 Å². The van der Waals surface area contributed by atoms with Crippen LogP contribution < -0.4 is 10.6 Å². The molecule has 1 aromatic rings. The van der Waals surface area contributed by atoms with Crippen LogP contribution in [0.25, 0.3) is 0 Å². The van der Waals surface area contributed by atoms with Gasteiger partial charge in [-0.25, -0.2) is 0 Å². The Hall–Kier alpha value is -2.57. The summed E-state index contributed by atoms with van der Waals surface area (Å²) in [5, 5.41) is 14.5. The number of piperazine rings is 1. The fourth-order valence-electron chi connectivity index (χ4n) is 2.25. The third kappa shape index (κ3) is 3.97. The molecule has 0 bridgehead atoms. The number of carbonyl (C=O) groups is 3. The van der Waals surface area contributed by atoms with E-state index in [4.69, 9.17) is 0 Å². The summed E-state index contributed by atoms with van der Waals surface area (Å²) in [6.45, 7) is 0. The number of benzene rings is 1. The molecule has 1 heterocycles. The number of carbonyl (C=O) groups excluding carboxylic acids is 3. The minimum atomic E-state index is -0.720. The van der Waals surface area contributed by atoms with Crippen LogP contribution in [-0.4, -0.2) is 42.1 Å². The smallest absolute Gasteiger partial charge is 0.305 e. The average molecular weight is 306 g/mol. The Morgan fingerprint density at radius 1 is 1.14 bits per heavy atom. The minimum Gasteiger partial charge on any atom is -0.508 e. The third-order valence-corrected chi connectivity index (χ3v) is 3.51. The molecule has 0 aliphatic carbocycles. The van der Waals surface area contributed by atoms with Crippen LogP contribution in [0.3, 0.4) is 0 Å². The van der Waals surface area contributed by atoms with Gasteiger partial charge >= 0.3 is 5.97 Å². The highest BCUT2D eigenvalue weighted by Crippen LogP contribution is 2.13. The molecule has 1 aromatic carbocycles. The van der Waals surface area contributed by atoms with Crippen LogP contribution in [0.2, 0.25) is 0 Å². The Balaban J connectivity index is 1.92. The van der Waals surface area contributed by atoms with Gasteiger partial charge < -0.3 is 20.5 Å². The molecule has 3 N–H and O–H groups in total. The topological polar surface area (TPSA) is 105 Å². The second-order valence-corrected chi connectivity index (χ2v) is 5.11. The van der Waals surface area contributed by atoms with Crippen LogP contribution in [0, 0.1) is 0 Å². The van der Waals surface area contributed by atoms with Crippen molar-refractivity contribution in [2.45, 2.75) is 31.3 Å². The monoisotopic (exact) mass is 306 g/mol. The van der Waals surface area contributed by atoms with Crippen molar-refractivity contribution in [3.63, 3.8) is 0 Å². The van der Waals surface area contributed by atoms with E-state index in [0.717, 1.165) is 5.56 Å². The van der Waals surface area contributed by atoms with Crippen LogP contribution in [0.4, 0.5) is 0 Å². The molecule has 0 aromatic heterocycles. The second-order valence-electron chi connectivity index (χ2n) is 5.11. The molecule has 2 rings (SSSR count). The maximum absolute atomic E-state index is 12.0. The lowest BCUT2D eigenvalue weighted by atomic mass is 10.00. The zero-order valence-corrected chi connectivity index (χ0v) is 12.2. The first kappa shape index (κ1) is 15.8. The third-order valence-electron chi connectivity index (χ3n) is 3.51. The predicted octanol–water partition coefficient (Wildman–Crippen LogP) is -0.129. The van der Waals surface area contributed by atoms with E-state index >= 15 is 0 Å². The quantitative estimate of drug-likeness (QED) is 0.657. The van der Waals surface area contributed by atoms with Gasteiger partial charge in [-0.1, -0.05) is 12.1 Å². The fourth-order valence-corrected chi connectivity index (χ4v) is 2.25. The van der Waals surface area contributed by atoms with Crippen molar-refractivity contribution >= 4 is 17.8 Å². The molecule has 7 heteroatoms. The summed E-state index contributed by atoms with van der Waals surface area (Å²) in [6.07, 6.45) is 0.606. The summed E-state index contributed by atoms with van der Waals surface area (Å²) in [5.74, 6) is -0.883. The molecule has 0 spiro atoms. The zero-order chi connectivity index (χ0) is 16.1. The zero-order valence-electron chi connectivity index (χ0n) is 12.2. The van der Waals surface area contributed by atoms with Crippen molar-refractivity contribution in [1.82, 2.24) is 10.6 Å². The van der Waals surface area contributed by atoms with E-state index in [0.29, 0.717) is 6.42 Å². The molecule has 1 aliphatic rings. The van der Waals surface area contributed by atoms with E-state index in [9.17, 15) is 19.5 Å². The number of hydrogen-bond acceptors (Lipinski definition) is 5. The molecule has 22 heavy (non-hydrogen) atoms. The summed E-state index contributed by atoms with van der Waals surface area (Å²) in [5.41, 5.74) is 0.825. The van der Waals surface area contributed by atoms with Crippen molar-refractivity contribution in [1.29, 1.82) is 0 Å². The lowest BCUT2D eigenvalue weighted by molar-refractivity contribution is -0.142. The number of hydrogen-bond donors (Lipinski definition) is 3. The number of phenols is 1. The number of aromatic hydroxyl groups is 1. The highest BCUT2D eigenvalue weighted by atomic mass is 16.5. The lowest BCUT2D eigenvalue weighted by Gasteiger charge is -2.29. The van der Waals surface area contributed by atoms with Crippen molar-refractivity contribution < 1.29 is 24.2 Å². The SMILES string of the molecule is COC(=O)CC[C@@H]1NC(=O)[C@@H](Cc2ccc(O)cc2)NC1=O. The van der Waals surface area contributed by atoms with Crippen LogP contribution in [0.15, 0.2) is 24.3 Å². The number of ether oxygens (including phenoxy) is 1. The van der Waals surface area contributed by atoms with Crippen molar-refractivity contribution in [3.05, 3.63) is 29.8 Å². The highest BCUT2D eigenvalue weighted by Gasteiger charge is 2.33. The van der Waals surface area contributed by atoms with E-state index in [1.807, 2.05) is 0 Å². The number of amides is 2. The van der Waals surface area contributed by atoms with Gasteiger partial charge in [0.25, 0.3) is 0 Å².